The van der Waals surface area contributed by atoms with Crippen molar-refractivity contribution < 1.29 is 36.0 Å². The third-order valence-electron chi connectivity index (χ3n) is 6.24. The Bertz CT molecular complexity index is 1630. The number of carbonyl (C=O) groups excluding carboxylic acids is 3. The van der Waals surface area contributed by atoms with Crippen LogP contribution in [-0.2, 0) is 39.8 Å². The fourth-order valence-electron chi connectivity index (χ4n) is 4.53. The molecule has 0 saturated carbocycles. The molecule has 2 aromatic carbocycles. The molecular weight excluding hydrogens is 534 g/mol. The normalized spacial score (nSPS) is 22.2. The van der Waals surface area contributed by atoms with E-state index < -0.39 is 48.9 Å². The zero-order valence-electron chi connectivity index (χ0n) is 20.7. The number of amidine groups is 1. The first-order valence-electron chi connectivity index (χ1n) is 11.5. The molecule has 1 aliphatic carbocycles. The molecule has 0 spiro atoms. The Morgan fingerprint density at radius 1 is 1.21 bits per heavy atom. The second-order valence-electron chi connectivity index (χ2n) is 9.06. The summed E-state index contributed by atoms with van der Waals surface area (Å²) in [5.41, 5.74) is -0.539. The summed E-state index contributed by atoms with van der Waals surface area (Å²) >= 11 is 0. The van der Waals surface area contributed by atoms with Crippen molar-refractivity contribution in [3.8, 4) is 0 Å². The van der Waals surface area contributed by atoms with Crippen LogP contribution in [0, 0.1) is 5.92 Å². The van der Waals surface area contributed by atoms with E-state index in [9.17, 15) is 31.2 Å². The third-order valence-corrected chi connectivity index (χ3v) is 8.18. The number of carbonyl (C=O) groups is 3. The summed E-state index contributed by atoms with van der Waals surface area (Å²) < 4.78 is 60.1. The first kappa shape index (κ1) is 27.2. The Labute approximate surface area is 220 Å². The van der Waals surface area contributed by atoms with Crippen LogP contribution in [0.2, 0.25) is 0 Å². The molecule has 2 aromatic rings. The highest BCUT2D eigenvalue weighted by Gasteiger charge is 2.51. The van der Waals surface area contributed by atoms with Gasteiger partial charge >= 0.3 is 5.97 Å². The molecule has 0 aromatic heterocycles. The zero-order chi connectivity index (χ0) is 27.9. The Morgan fingerprint density at radius 3 is 2.61 bits per heavy atom. The molecule has 2 atom stereocenters. The lowest BCUT2D eigenvalue weighted by Crippen LogP contribution is -2.51. The van der Waals surface area contributed by atoms with E-state index in [1.54, 1.807) is 38.1 Å². The average molecular weight is 560 g/mol. The van der Waals surface area contributed by atoms with Crippen molar-refractivity contribution in [3.05, 3.63) is 65.7 Å². The molecule has 11 nitrogen and oxygen atoms in total. The number of esters is 1. The highest BCUT2D eigenvalue weighted by Crippen LogP contribution is 2.42. The molecule has 0 amide bonds. The van der Waals surface area contributed by atoms with Crippen molar-refractivity contribution in [2.45, 2.75) is 30.6 Å². The van der Waals surface area contributed by atoms with Crippen molar-refractivity contribution in [2.75, 3.05) is 22.9 Å². The number of benzene rings is 2. The molecular formula is C25H25N3O8S2. The first-order valence-corrected chi connectivity index (χ1v) is 14.8. The van der Waals surface area contributed by atoms with Crippen LogP contribution >= 0.6 is 0 Å². The molecule has 13 heteroatoms. The van der Waals surface area contributed by atoms with E-state index >= 15 is 0 Å². The molecule has 0 radical (unpaired) electrons. The monoisotopic (exact) mass is 559 g/mol. The number of Topliss-reactive ketones (excluding diaryl/α,β-unsaturated/α-hetero) is 2. The maximum Gasteiger partial charge on any atom is 0.330 e. The number of ether oxygens (including phenoxy) is 1. The molecule has 0 fully saturated rings. The topological polar surface area (TPSA) is 165 Å². The van der Waals surface area contributed by atoms with E-state index in [1.807, 2.05) is 0 Å². The lowest BCUT2D eigenvalue weighted by Gasteiger charge is -2.38. The molecule has 4 rings (SSSR count). The minimum absolute atomic E-state index is 0.00924. The van der Waals surface area contributed by atoms with Gasteiger partial charge in [0.25, 0.3) is 10.0 Å². The van der Waals surface area contributed by atoms with Crippen LogP contribution in [0.5, 0.6) is 0 Å². The van der Waals surface area contributed by atoms with Gasteiger partial charge in [-0.05, 0) is 44.0 Å². The minimum Gasteiger partial charge on any atom is -0.463 e. The summed E-state index contributed by atoms with van der Waals surface area (Å²) in [5, 5.41) is 2.79. The number of sulfonamides is 2. The quantitative estimate of drug-likeness (QED) is 0.294. The van der Waals surface area contributed by atoms with Crippen LogP contribution in [0.3, 0.4) is 0 Å². The van der Waals surface area contributed by atoms with E-state index in [0.29, 0.717) is 5.56 Å². The molecule has 2 aliphatic rings. The third kappa shape index (κ3) is 5.11. The van der Waals surface area contributed by atoms with Crippen LogP contribution in [0.1, 0.15) is 36.2 Å². The second kappa shape index (κ2) is 9.80. The number of allylic oxidation sites excluding steroid dienone is 1. The number of anilines is 2. The van der Waals surface area contributed by atoms with Crippen LogP contribution in [0.4, 0.5) is 11.4 Å². The summed E-state index contributed by atoms with van der Waals surface area (Å²) in [5.74, 6) is -3.69. The van der Waals surface area contributed by atoms with Gasteiger partial charge in [-0.15, -0.1) is 4.40 Å². The van der Waals surface area contributed by atoms with Crippen LogP contribution in [-0.4, -0.2) is 53.1 Å². The van der Waals surface area contributed by atoms with Gasteiger partial charge in [0.1, 0.15) is 16.6 Å². The fraction of sp³-hybridized carbons (Fsp3) is 0.280. The Balaban J connectivity index is 1.76. The van der Waals surface area contributed by atoms with E-state index in [2.05, 4.69) is 14.4 Å². The summed E-state index contributed by atoms with van der Waals surface area (Å²) in [6, 6.07) is 10.3. The van der Waals surface area contributed by atoms with Gasteiger partial charge in [-0.2, -0.15) is 8.42 Å². The fourth-order valence-corrected chi connectivity index (χ4v) is 6.26. The number of nitrogens with one attached hydrogen (secondary N) is 2. The van der Waals surface area contributed by atoms with Crippen LogP contribution in [0.25, 0.3) is 0 Å². The molecule has 0 saturated heterocycles. The van der Waals surface area contributed by atoms with Crippen molar-refractivity contribution in [3.63, 3.8) is 0 Å². The lowest BCUT2D eigenvalue weighted by molar-refractivity contribution is -0.137. The lowest BCUT2D eigenvalue weighted by atomic mass is 9.63. The highest BCUT2D eigenvalue weighted by molar-refractivity contribution is 7.92. The first-order chi connectivity index (χ1) is 17.8. The smallest absolute Gasteiger partial charge is 0.330 e. The van der Waals surface area contributed by atoms with E-state index in [1.165, 1.54) is 24.3 Å². The number of ketones is 2. The predicted molar refractivity (Wildman–Crippen MR) is 140 cm³/mol. The maximum atomic E-state index is 13.9. The van der Waals surface area contributed by atoms with Gasteiger partial charge < -0.3 is 10.1 Å². The number of hydrogen-bond donors (Lipinski definition) is 2. The van der Waals surface area contributed by atoms with Crippen molar-refractivity contribution in [1.82, 2.24) is 0 Å². The predicted octanol–water partition coefficient (Wildman–Crippen LogP) is 2.42. The van der Waals surface area contributed by atoms with E-state index in [4.69, 9.17) is 4.74 Å². The average Bonchev–Trinajstić information content (AvgIpc) is 2.82. The number of fused-ring (bicyclic) bond motifs is 2. The van der Waals surface area contributed by atoms with Crippen molar-refractivity contribution >= 4 is 54.8 Å². The van der Waals surface area contributed by atoms with Gasteiger partial charge in [-0.3, -0.25) is 14.3 Å². The Kier molecular flexibility index (Phi) is 7.01. The van der Waals surface area contributed by atoms with Gasteiger partial charge in [0.15, 0.2) is 11.6 Å². The van der Waals surface area contributed by atoms with Gasteiger partial charge in [0.2, 0.25) is 10.0 Å². The highest BCUT2D eigenvalue weighted by atomic mass is 32.2. The number of rotatable bonds is 7. The molecule has 2 unspecified atom stereocenters. The molecule has 1 aliphatic heterocycles. The van der Waals surface area contributed by atoms with E-state index in [0.717, 1.165) is 12.3 Å². The largest absolute Gasteiger partial charge is 0.463 e. The van der Waals surface area contributed by atoms with Gasteiger partial charge in [0.05, 0.1) is 24.0 Å². The van der Waals surface area contributed by atoms with E-state index in [-0.39, 0.29) is 40.7 Å². The summed E-state index contributed by atoms with van der Waals surface area (Å²) in [4.78, 5) is 38.9. The number of nitrogens with zero attached hydrogens (tertiary/aromatic N) is 1. The minimum atomic E-state index is -4.40. The molecule has 200 valence electrons. The van der Waals surface area contributed by atoms with Crippen molar-refractivity contribution in [2.24, 2.45) is 10.3 Å². The summed E-state index contributed by atoms with van der Waals surface area (Å²) in [6.45, 7) is 3.47. The van der Waals surface area contributed by atoms with Crippen LogP contribution in [0.15, 0.2) is 63.9 Å². The Morgan fingerprint density at radius 2 is 1.92 bits per heavy atom. The molecule has 0 bridgehead atoms. The van der Waals surface area contributed by atoms with Gasteiger partial charge in [-0.25, -0.2) is 13.2 Å². The number of hydrogen-bond acceptors (Lipinski definition) is 9. The molecule has 1 heterocycles. The SMILES string of the molecule is CCOC(=O)C=CCC1(C)C(=O)C(C2=NS(=O)(=O)c3cc(NS(C)(=O)=O)ccc3N2)C(=O)c2ccccc21. The molecule has 38 heavy (non-hydrogen) atoms. The summed E-state index contributed by atoms with van der Waals surface area (Å²) in [6.07, 6.45) is 3.66. The van der Waals surface area contributed by atoms with Gasteiger partial charge in [0, 0.05) is 17.3 Å². The molecule has 2 N–H and O–H groups in total. The zero-order valence-corrected chi connectivity index (χ0v) is 22.4. The van der Waals surface area contributed by atoms with Crippen molar-refractivity contribution in [1.29, 1.82) is 0 Å². The van der Waals surface area contributed by atoms with Crippen LogP contribution < -0.4 is 10.0 Å². The maximum absolute atomic E-state index is 13.9. The summed E-state index contributed by atoms with van der Waals surface area (Å²) in [7, 11) is -8.07. The second-order valence-corrected chi connectivity index (χ2v) is 12.4. The van der Waals surface area contributed by atoms with Gasteiger partial charge in [-0.1, -0.05) is 30.3 Å². The standard InChI is InChI=1S/C25H25N3O8S2/c1-4-36-20(29)10-7-13-25(2)17-9-6-5-8-16(17)22(30)21(23(25)31)24-26-18-12-11-15(27-37(3,32)33)14-19(18)38(34,35)28-24/h5-12,14,21,27H,4,13H2,1-3H3,(H,26,28). The Hall–Kier alpha value is -3.84.